The van der Waals surface area contributed by atoms with Gasteiger partial charge in [-0.15, -0.1) is 0 Å². The van der Waals surface area contributed by atoms with Gasteiger partial charge >= 0.3 is 6.18 Å². The first-order chi connectivity index (χ1) is 36.9. The SMILES string of the molecule is Cc1cc(C)cc(-c2ccc3c(c2)c2ccccc2n3-c2ccc(-c3nc(-c4ccccc4)nc(-c4ccccc4)n3)cc2-c2c(-n3c4ccccc4c4cc(-c5cc(C)cc(C)c5)ccc43)cccc2C(F)(F)F)c1. The van der Waals surface area contributed by atoms with Crippen molar-refractivity contribution in [1.29, 1.82) is 0 Å². The summed E-state index contributed by atoms with van der Waals surface area (Å²) in [5, 5.41) is 3.81. The minimum atomic E-state index is -4.77. The number of rotatable bonds is 8. The minimum Gasteiger partial charge on any atom is -0.309 e. The van der Waals surface area contributed by atoms with Gasteiger partial charge in [0.05, 0.1) is 39.0 Å². The molecule has 5 nitrogen and oxygen atoms in total. The number of aromatic nitrogens is 5. The average Bonchev–Trinajstić information content (AvgIpc) is 3.97. The van der Waals surface area contributed by atoms with Gasteiger partial charge in [-0.05, 0) is 117 Å². The van der Waals surface area contributed by atoms with Crippen LogP contribution in [0.2, 0.25) is 0 Å². The lowest BCUT2D eigenvalue weighted by molar-refractivity contribution is -0.137. The molecule has 0 aliphatic heterocycles. The number of fused-ring (bicyclic) bond motifs is 6. The van der Waals surface area contributed by atoms with Gasteiger partial charge < -0.3 is 9.13 Å². The Morgan fingerprint density at radius 3 is 1.22 bits per heavy atom. The quantitative estimate of drug-likeness (QED) is 0.152. The molecule has 3 heterocycles. The van der Waals surface area contributed by atoms with E-state index in [0.717, 1.165) is 99.2 Å². The highest BCUT2D eigenvalue weighted by molar-refractivity contribution is 6.13. The average molecular weight is 992 g/mol. The first-order valence-electron chi connectivity index (χ1n) is 25.4. The molecule has 0 radical (unpaired) electrons. The predicted molar refractivity (Wildman–Crippen MR) is 305 cm³/mol. The van der Waals surface area contributed by atoms with E-state index in [1.165, 1.54) is 12.1 Å². The van der Waals surface area contributed by atoms with Crippen LogP contribution in [-0.2, 0) is 6.18 Å². The predicted octanol–water partition coefficient (Wildman–Crippen LogP) is 18.3. The van der Waals surface area contributed by atoms with Gasteiger partial charge in [0.2, 0.25) is 0 Å². The number of hydrogen-bond donors (Lipinski definition) is 0. The number of para-hydroxylation sites is 2. The third-order valence-corrected chi connectivity index (χ3v) is 14.5. The molecule has 0 spiro atoms. The van der Waals surface area contributed by atoms with Crippen molar-refractivity contribution in [3.8, 4) is 78.9 Å². The van der Waals surface area contributed by atoms with Crippen molar-refractivity contribution in [2.45, 2.75) is 33.9 Å². The van der Waals surface area contributed by atoms with Crippen LogP contribution in [0, 0.1) is 27.7 Å². The Balaban J connectivity index is 1.13. The van der Waals surface area contributed by atoms with Crippen LogP contribution in [0.4, 0.5) is 13.2 Å². The van der Waals surface area contributed by atoms with Gasteiger partial charge in [-0.2, -0.15) is 13.2 Å². The number of aryl methyl sites for hydroxylation is 4. The maximum Gasteiger partial charge on any atom is 0.417 e. The topological polar surface area (TPSA) is 48.5 Å². The lowest BCUT2D eigenvalue weighted by Gasteiger charge is -2.23. The molecule has 0 aliphatic carbocycles. The van der Waals surface area contributed by atoms with Crippen LogP contribution in [0.5, 0.6) is 0 Å². The third-order valence-electron chi connectivity index (χ3n) is 14.5. The van der Waals surface area contributed by atoms with E-state index < -0.39 is 11.7 Å². The Kier molecular flexibility index (Phi) is 11.1. The smallest absolute Gasteiger partial charge is 0.309 e. The van der Waals surface area contributed by atoms with Crippen LogP contribution in [0.3, 0.4) is 0 Å². The van der Waals surface area contributed by atoms with Crippen LogP contribution < -0.4 is 0 Å². The largest absolute Gasteiger partial charge is 0.417 e. The van der Waals surface area contributed by atoms with Crippen molar-refractivity contribution in [3.05, 3.63) is 246 Å². The second-order valence-corrected chi connectivity index (χ2v) is 19.9. The van der Waals surface area contributed by atoms with Crippen molar-refractivity contribution in [1.82, 2.24) is 24.1 Å². The molecule has 13 rings (SSSR count). The van der Waals surface area contributed by atoms with Gasteiger partial charge in [0.1, 0.15) is 0 Å². The van der Waals surface area contributed by atoms with Crippen LogP contribution in [0.15, 0.2) is 218 Å². The van der Waals surface area contributed by atoms with Crippen LogP contribution in [-0.4, -0.2) is 24.1 Å². The van der Waals surface area contributed by atoms with Crippen LogP contribution in [0.1, 0.15) is 27.8 Å². The van der Waals surface area contributed by atoms with Crippen LogP contribution in [0.25, 0.3) is 123 Å². The Morgan fingerprint density at radius 2 is 0.737 bits per heavy atom. The molecule has 76 heavy (non-hydrogen) atoms. The zero-order valence-electron chi connectivity index (χ0n) is 42.2. The molecule has 0 N–H and O–H groups in total. The highest BCUT2D eigenvalue weighted by Gasteiger charge is 2.37. The van der Waals surface area contributed by atoms with Gasteiger partial charge in [0, 0.05) is 49.4 Å². The summed E-state index contributed by atoms with van der Waals surface area (Å²) in [6.07, 6.45) is -4.77. The molecule has 0 saturated heterocycles. The van der Waals surface area contributed by atoms with Gasteiger partial charge in [0.15, 0.2) is 17.5 Å². The van der Waals surface area contributed by atoms with Gasteiger partial charge in [-0.25, -0.2) is 15.0 Å². The van der Waals surface area contributed by atoms with E-state index in [-0.39, 0.29) is 5.56 Å². The Hall–Kier alpha value is -9.40. The fraction of sp³-hybridized carbons (Fsp3) is 0.0735. The second-order valence-electron chi connectivity index (χ2n) is 19.9. The Morgan fingerprint density at radius 1 is 0.316 bits per heavy atom. The molecule has 366 valence electrons. The van der Waals surface area contributed by atoms with E-state index in [9.17, 15) is 0 Å². The molecule has 0 atom stereocenters. The second kappa shape index (κ2) is 18.2. The van der Waals surface area contributed by atoms with Gasteiger partial charge in [-0.1, -0.05) is 174 Å². The van der Waals surface area contributed by atoms with Gasteiger partial charge in [0.25, 0.3) is 0 Å². The molecule has 10 aromatic carbocycles. The maximum absolute atomic E-state index is 16.4. The molecular formula is C68H48F3N5. The van der Waals surface area contributed by atoms with Crippen LogP contribution >= 0.6 is 0 Å². The van der Waals surface area contributed by atoms with Crippen molar-refractivity contribution in [2.75, 3.05) is 0 Å². The molecule has 0 aliphatic rings. The summed E-state index contributed by atoms with van der Waals surface area (Å²) in [5.74, 6) is 1.21. The molecule has 13 aromatic rings. The molecule has 0 fully saturated rings. The van der Waals surface area contributed by atoms with Crippen molar-refractivity contribution >= 4 is 43.6 Å². The zero-order chi connectivity index (χ0) is 51.8. The first kappa shape index (κ1) is 46.4. The summed E-state index contributed by atoms with van der Waals surface area (Å²) >= 11 is 0. The summed E-state index contributed by atoms with van der Waals surface area (Å²) in [6, 6.07) is 71.5. The number of alkyl halides is 3. The summed E-state index contributed by atoms with van der Waals surface area (Å²) in [6.45, 7) is 8.38. The number of benzene rings is 10. The van der Waals surface area contributed by atoms with Crippen molar-refractivity contribution < 1.29 is 13.2 Å². The number of halogens is 3. The fourth-order valence-electron chi connectivity index (χ4n) is 11.4. The van der Waals surface area contributed by atoms with E-state index in [1.54, 1.807) is 0 Å². The molecule has 0 saturated carbocycles. The summed E-state index contributed by atoms with van der Waals surface area (Å²) in [4.78, 5) is 15.1. The molecule has 3 aromatic heterocycles. The van der Waals surface area contributed by atoms with E-state index in [0.29, 0.717) is 40.0 Å². The monoisotopic (exact) mass is 991 g/mol. The molecule has 0 amide bonds. The highest BCUT2D eigenvalue weighted by Crippen LogP contribution is 2.48. The van der Waals surface area contributed by atoms with E-state index in [4.69, 9.17) is 15.0 Å². The van der Waals surface area contributed by atoms with E-state index in [2.05, 4.69) is 111 Å². The fourth-order valence-corrected chi connectivity index (χ4v) is 11.4. The molecule has 0 bridgehead atoms. The zero-order valence-corrected chi connectivity index (χ0v) is 42.2. The van der Waals surface area contributed by atoms with Crippen molar-refractivity contribution in [2.24, 2.45) is 0 Å². The highest BCUT2D eigenvalue weighted by atomic mass is 19.4. The lowest BCUT2D eigenvalue weighted by atomic mass is 9.93. The Bertz CT molecular complexity index is 4340. The lowest BCUT2D eigenvalue weighted by Crippen LogP contribution is -2.11. The minimum absolute atomic E-state index is 0.0197. The standard InChI is InChI=1S/C68H48F3N5/c1-41-32-42(2)35-50(34-41)47-26-29-60-54(38-47)52-20-11-13-23-58(52)75(60)62-31-28-49(67-73-65(45-16-7-5-8-17-45)72-66(74-67)46-18-9-6-10-19-46)40-56(62)64-57(68(69,70)71)22-15-25-63(64)76-59-24-14-12-21-53(59)55-39-48(27-30-61(55)76)51-36-43(3)33-44(4)37-51/h5-40H,1-4H3. The first-order valence-corrected chi connectivity index (χ1v) is 25.4. The van der Waals surface area contributed by atoms with E-state index >= 15 is 13.2 Å². The summed E-state index contributed by atoms with van der Waals surface area (Å²) in [7, 11) is 0. The van der Waals surface area contributed by atoms with Gasteiger partial charge in [-0.3, -0.25) is 0 Å². The number of nitrogens with zero attached hydrogens (tertiary/aromatic N) is 5. The molecule has 0 unspecified atom stereocenters. The molecule has 8 heteroatoms. The summed E-state index contributed by atoms with van der Waals surface area (Å²) < 4.78 is 53.3. The third kappa shape index (κ3) is 8.10. The number of hydrogen-bond acceptors (Lipinski definition) is 3. The normalized spacial score (nSPS) is 11.9. The van der Waals surface area contributed by atoms with E-state index in [1.807, 2.05) is 132 Å². The molecular weight excluding hydrogens is 944 g/mol. The maximum atomic E-state index is 16.4. The Labute approximate surface area is 437 Å². The summed E-state index contributed by atoms with van der Waals surface area (Å²) in [5.41, 5.74) is 14.8. The van der Waals surface area contributed by atoms with Crippen molar-refractivity contribution in [3.63, 3.8) is 0 Å².